The maximum Gasteiger partial charge on any atom is 0.150 e. The van der Waals surface area contributed by atoms with Crippen LogP contribution in [0.5, 0.6) is 0 Å². The zero-order valence-electron chi connectivity index (χ0n) is 11.2. The van der Waals surface area contributed by atoms with Crippen molar-refractivity contribution in [3.63, 3.8) is 0 Å². The fourth-order valence-corrected chi connectivity index (χ4v) is 2.84. The van der Waals surface area contributed by atoms with Gasteiger partial charge in [-0.1, -0.05) is 6.42 Å². The molecule has 1 heterocycles. The van der Waals surface area contributed by atoms with Crippen LogP contribution in [0.1, 0.15) is 19.3 Å². The summed E-state index contributed by atoms with van der Waals surface area (Å²) in [4.78, 5) is 3.82. The average Bonchev–Trinajstić information content (AvgIpc) is 3.09. The highest BCUT2D eigenvalue weighted by molar-refractivity contribution is 5.50. The Labute approximate surface area is 117 Å². The number of nitrogens with one attached hydrogen (secondary N) is 1. The summed E-state index contributed by atoms with van der Waals surface area (Å²) in [6.45, 7) is 0.678. The van der Waals surface area contributed by atoms with Crippen LogP contribution in [-0.4, -0.2) is 27.4 Å². The summed E-state index contributed by atoms with van der Waals surface area (Å²) in [5.41, 5.74) is 6.95. The van der Waals surface area contributed by atoms with Crippen molar-refractivity contribution in [2.45, 2.75) is 25.3 Å². The molecule has 1 aromatic carbocycles. The van der Waals surface area contributed by atoms with Crippen molar-refractivity contribution < 1.29 is 4.39 Å². The molecular weight excluding hydrogens is 257 g/mol. The van der Waals surface area contributed by atoms with Crippen molar-refractivity contribution in [3.05, 3.63) is 36.7 Å². The summed E-state index contributed by atoms with van der Waals surface area (Å²) in [5.74, 6) is 0.163. The fourth-order valence-electron chi connectivity index (χ4n) is 2.84. The minimum absolute atomic E-state index is 0.317. The summed E-state index contributed by atoms with van der Waals surface area (Å²) in [6.07, 6.45) is 6.28. The highest BCUT2D eigenvalue weighted by Gasteiger charge is 2.25. The zero-order valence-corrected chi connectivity index (χ0v) is 11.2. The number of hydrogen-bond acceptors (Lipinski definition) is 4. The third-order valence-electron chi connectivity index (χ3n) is 3.93. The minimum Gasteiger partial charge on any atom is -0.382 e. The maximum atomic E-state index is 14.1. The van der Waals surface area contributed by atoms with Crippen molar-refractivity contribution in [2.24, 2.45) is 11.7 Å². The lowest BCUT2D eigenvalue weighted by molar-refractivity contribution is 0.516. The van der Waals surface area contributed by atoms with E-state index in [1.807, 2.05) is 6.07 Å². The van der Waals surface area contributed by atoms with Crippen LogP contribution in [0, 0.1) is 11.7 Å². The smallest absolute Gasteiger partial charge is 0.150 e. The predicted octanol–water partition coefficient (Wildman–Crippen LogP) is 1.95. The Morgan fingerprint density at radius 1 is 1.40 bits per heavy atom. The van der Waals surface area contributed by atoms with Crippen LogP contribution in [-0.2, 0) is 0 Å². The van der Waals surface area contributed by atoms with E-state index in [9.17, 15) is 4.39 Å². The second kappa shape index (κ2) is 5.58. The van der Waals surface area contributed by atoms with Gasteiger partial charge in [-0.2, -0.15) is 5.10 Å². The molecule has 0 bridgehead atoms. The third kappa shape index (κ3) is 2.51. The van der Waals surface area contributed by atoms with Crippen LogP contribution in [0.2, 0.25) is 0 Å². The fraction of sp³-hybridized carbons (Fsp3) is 0.429. The van der Waals surface area contributed by atoms with E-state index in [1.165, 1.54) is 29.8 Å². The van der Waals surface area contributed by atoms with E-state index >= 15 is 0 Å². The van der Waals surface area contributed by atoms with Gasteiger partial charge in [-0.15, -0.1) is 0 Å². The molecule has 3 rings (SSSR count). The first-order chi connectivity index (χ1) is 9.78. The van der Waals surface area contributed by atoms with Gasteiger partial charge in [0.25, 0.3) is 0 Å². The number of anilines is 1. The molecule has 0 amide bonds. The molecule has 1 aliphatic rings. The lowest BCUT2D eigenvalue weighted by Crippen LogP contribution is -2.29. The quantitative estimate of drug-likeness (QED) is 0.895. The Bertz CT molecular complexity index is 569. The van der Waals surface area contributed by atoms with Crippen molar-refractivity contribution in [1.82, 2.24) is 14.8 Å². The Kier molecular flexibility index (Phi) is 3.64. The van der Waals surface area contributed by atoms with Crippen LogP contribution >= 0.6 is 0 Å². The summed E-state index contributed by atoms with van der Waals surface area (Å²) >= 11 is 0. The predicted molar refractivity (Wildman–Crippen MR) is 75.1 cm³/mol. The van der Waals surface area contributed by atoms with E-state index in [0.29, 0.717) is 24.2 Å². The first-order valence-electron chi connectivity index (χ1n) is 6.89. The van der Waals surface area contributed by atoms with Gasteiger partial charge in [0.05, 0.1) is 0 Å². The normalized spacial score (nSPS) is 22.1. The van der Waals surface area contributed by atoms with Crippen LogP contribution in [0.25, 0.3) is 5.69 Å². The van der Waals surface area contributed by atoms with Gasteiger partial charge in [-0.3, -0.25) is 0 Å². The number of halogens is 1. The van der Waals surface area contributed by atoms with E-state index in [2.05, 4.69) is 15.4 Å². The van der Waals surface area contributed by atoms with Crippen LogP contribution < -0.4 is 11.1 Å². The van der Waals surface area contributed by atoms with Crippen LogP contribution in [0.15, 0.2) is 30.9 Å². The molecule has 1 fully saturated rings. The van der Waals surface area contributed by atoms with Crippen molar-refractivity contribution in [3.8, 4) is 5.69 Å². The average molecular weight is 275 g/mol. The lowest BCUT2D eigenvalue weighted by Gasteiger charge is -2.21. The Morgan fingerprint density at radius 3 is 3.00 bits per heavy atom. The topological polar surface area (TPSA) is 68.8 Å². The highest BCUT2D eigenvalue weighted by Crippen LogP contribution is 2.28. The number of aromatic nitrogens is 3. The van der Waals surface area contributed by atoms with E-state index in [0.717, 1.165) is 18.5 Å². The minimum atomic E-state index is -0.317. The maximum absolute atomic E-state index is 14.1. The molecule has 3 N–H and O–H groups in total. The molecular formula is C14H18FN5. The number of nitrogens with zero attached hydrogens (tertiary/aromatic N) is 3. The molecule has 1 saturated carbocycles. The van der Waals surface area contributed by atoms with Crippen molar-refractivity contribution in [2.75, 3.05) is 11.9 Å². The van der Waals surface area contributed by atoms with Crippen LogP contribution in [0.3, 0.4) is 0 Å². The summed E-state index contributed by atoms with van der Waals surface area (Å²) in [6, 6.07) is 5.42. The first-order valence-corrected chi connectivity index (χ1v) is 6.89. The number of nitrogens with two attached hydrogens (primary N) is 1. The van der Waals surface area contributed by atoms with E-state index in [4.69, 9.17) is 5.73 Å². The zero-order chi connectivity index (χ0) is 13.9. The van der Waals surface area contributed by atoms with E-state index in [1.54, 1.807) is 6.07 Å². The Hall–Kier alpha value is -1.95. The highest BCUT2D eigenvalue weighted by atomic mass is 19.1. The molecule has 0 saturated heterocycles. The number of hydrogen-bond donors (Lipinski definition) is 2. The molecule has 1 aliphatic carbocycles. The molecule has 2 aromatic rings. The van der Waals surface area contributed by atoms with Gasteiger partial charge in [0.1, 0.15) is 18.3 Å². The van der Waals surface area contributed by atoms with Gasteiger partial charge in [0, 0.05) is 11.7 Å². The standard InChI is InChI=1S/C14H18FN5/c15-12-6-11(19-13-3-1-2-10(13)7-16)4-5-14(12)20-9-17-8-18-20/h4-6,8-10,13,19H,1-3,7,16H2. The number of benzene rings is 1. The molecule has 0 radical (unpaired) electrons. The van der Waals surface area contributed by atoms with Gasteiger partial charge in [-0.25, -0.2) is 14.1 Å². The molecule has 0 spiro atoms. The van der Waals surface area contributed by atoms with E-state index < -0.39 is 0 Å². The van der Waals surface area contributed by atoms with Gasteiger partial charge < -0.3 is 11.1 Å². The summed E-state index contributed by atoms with van der Waals surface area (Å²) < 4.78 is 15.5. The van der Waals surface area contributed by atoms with Gasteiger partial charge in [0.15, 0.2) is 5.82 Å². The molecule has 6 heteroatoms. The SMILES string of the molecule is NCC1CCCC1Nc1ccc(-n2cncn2)c(F)c1. The molecule has 20 heavy (non-hydrogen) atoms. The first kappa shape index (κ1) is 13.1. The summed E-state index contributed by atoms with van der Waals surface area (Å²) in [5, 5.41) is 7.32. The molecule has 0 aliphatic heterocycles. The van der Waals surface area contributed by atoms with Crippen LogP contribution in [0.4, 0.5) is 10.1 Å². The monoisotopic (exact) mass is 275 g/mol. The largest absolute Gasteiger partial charge is 0.382 e. The molecule has 1 aromatic heterocycles. The van der Waals surface area contributed by atoms with Gasteiger partial charge in [0.2, 0.25) is 0 Å². The second-order valence-corrected chi connectivity index (χ2v) is 5.18. The molecule has 5 nitrogen and oxygen atoms in total. The number of rotatable bonds is 4. The van der Waals surface area contributed by atoms with Gasteiger partial charge >= 0.3 is 0 Å². The molecule has 2 atom stereocenters. The molecule has 2 unspecified atom stereocenters. The lowest BCUT2D eigenvalue weighted by atomic mass is 10.0. The second-order valence-electron chi connectivity index (χ2n) is 5.18. The Balaban J connectivity index is 1.77. The van der Waals surface area contributed by atoms with Crippen molar-refractivity contribution in [1.29, 1.82) is 0 Å². The molecule has 106 valence electrons. The summed E-state index contributed by atoms with van der Waals surface area (Å²) in [7, 11) is 0. The third-order valence-corrected chi connectivity index (χ3v) is 3.93. The van der Waals surface area contributed by atoms with Gasteiger partial charge in [-0.05, 0) is 43.5 Å². The van der Waals surface area contributed by atoms with Crippen molar-refractivity contribution >= 4 is 5.69 Å². The van der Waals surface area contributed by atoms with E-state index in [-0.39, 0.29) is 5.82 Å². The Morgan fingerprint density at radius 2 is 2.30 bits per heavy atom.